The van der Waals surface area contributed by atoms with Gasteiger partial charge < -0.3 is 15.0 Å². The number of rotatable bonds is 4. The number of ether oxygens (including phenoxy) is 1. The number of anilines is 3. The van der Waals surface area contributed by atoms with Crippen molar-refractivity contribution in [3.63, 3.8) is 0 Å². The van der Waals surface area contributed by atoms with E-state index in [9.17, 15) is 13.2 Å². The predicted octanol–water partition coefficient (Wildman–Crippen LogP) is 4.48. The third-order valence-corrected chi connectivity index (χ3v) is 4.56. The Bertz CT molecular complexity index is 741. The molecule has 0 spiro atoms. The van der Waals surface area contributed by atoms with Gasteiger partial charge in [0, 0.05) is 37.2 Å². The molecule has 1 aliphatic heterocycles. The van der Waals surface area contributed by atoms with E-state index in [1.807, 2.05) is 18.2 Å². The summed E-state index contributed by atoms with van der Waals surface area (Å²) in [7, 11) is 1.55. The van der Waals surface area contributed by atoms with Gasteiger partial charge in [0.1, 0.15) is 5.75 Å². The zero-order valence-electron chi connectivity index (χ0n) is 14.7. The van der Waals surface area contributed by atoms with Crippen LogP contribution in [0.1, 0.15) is 25.3 Å². The largest absolute Gasteiger partial charge is 0.494 e. The molecule has 8 heteroatoms. The highest BCUT2D eigenvalue weighted by Gasteiger charge is 2.31. The fourth-order valence-electron chi connectivity index (χ4n) is 2.91. The maximum Gasteiger partial charge on any atom is 0.419 e. The first-order valence-electron chi connectivity index (χ1n) is 8.46. The summed E-state index contributed by atoms with van der Waals surface area (Å²) in [5.41, 5.74) is 0.777. The van der Waals surface area contributed by atoms with Gasteiger partial charge in [0.25, 0.3) is 0 Å². The van der Waals surface area contributed by atoms with E-state index in [1.165, 1.54) is 0 Å². The van der Waals surface area contributed by atoms with E-state index in [4.69, 9.17) is 4.74 Å². The monoisotopic (exact) mass is 366 g/mol. The molecule has 1 aliphatic rings. The zero-order chi connectivity index (χ0) is 18.7. The van der Waals surface area contributed by atoms with Gasteiger partial charge in [-0.3, -0.25) is 0 Å². The zero-order valence-corrected chi connectivity index (χ0v) is 14.7. The van der Waals surface area contributed by atoms with Crippen molar-refractivity contribution >= 4 is 17.3 Å². The molecule has 26 heavy (non-hydrogen) atoms. The number of nitrogens with one attached hydrogen (secondary N) is 1. The van der Waals surface area contributed by atoms with Crippen LogP contribution in [0.4, 0.5) is 30.5 Å². The van der Waals surface area contributed by atoms with Crippen molar-refractivity contribution in [1.82, 2.24) is 9.97 Å². The standard InChI is InChI=1S/C18H21F3N4O/c1-12-5-7-25(8-6-12)14-3-4-15(16(9-14)26-2)24-17-22-10-13(11-23-17)18(19,20)21/h3-4,9-12H,5-8H2,1-2H3,(H,22,23,24). The molecule has 0 saturated carbocycles. The Hall–Kier alpha value is -2.51. The molecule has 1 fully saturated rings. The predicted molar refractivity (Wildman–Crippen MR) is 93.9 cm³/mol. The van der Waals surface area contributed by atoms with Crippen LogP contribution < -0.4 is 15.0 Å². The minimum atomic E-state index is -4.45. The van der Waals surface area contributed by atoms with E-state index in [2.05, 4.69) is 27.1 Å². The second kappa shape index (κ2) is 7.39. The molecule has 0 aliphatic carbocycles. The van der Waals surface area contributed by atoms with Crippen molar-refractivity contribution in [3.8, 4) is 5.75 Å². The highest BCUT2D eigenvalue weighted by Crippen LogP contribution is 2.33. The fraction of sp³-hybridized carbons (Fsp3) is 0.444. The lowest BCUT2D eigenvalue weighted by molar-refractivity contribution is -0.138. The highest BCUT2D eigenvalue weighted by molar-refractivity contribution is 5.68. The molecule has 2 aromatic rings. The second-order valence-corrected chi connectivity index (χ2v) is 6.47. The molecular weight excluding hydrogens is 345 g/mol. The smallest absolute Gasteiger partial charge is 0.419 e. The van der Waals surface area contributed by atoms with Gasteiger partial charge in [0.15, 0.2) is 0 Å². The number of benzene rings is 1. The summed E-state index contributed by atoms with van der Waals surface area (Å²) in [6.07, 6.45) is -0.636. The molecule has 3 rings (SSSR count). The highest BCUT2D eigenvalue weighted by atomic mass is 19.4. The number of methoxy groups -OCH3 is 1. The maximum atomic E-state index is 12.6. The molecule has 1 saturated heterocycles. The van der Waals surface area contributed by atoms with Crippen molar-refractivity contribution in [1.29, 1.82) is 0 Å². The van der Waals surface area contributed by atoms with Crippen LogP contribution in [0.5, 0.6) is 5.75 Å². The van der Waals surface area contributed by atoms with Crippen LogP contribution in [-0.4, -0.2) is 30.2 Å². The summed E-state index contributed by atoms with van der Waals surface area (Å²) in [6, 6.07) is 5.71. The van der Waals surface area contributed by atoms with Gasteiger partial charge in [0.2, 0.25) is 5.95 Å². The summed E-state index contributed by atoms with van der Waals surface area (Å²) in [5.74, 6) is 1.41. The Kier molecular flexibility index (Phi) is 5.20. The first-order valence-corrected chi connectivity index (χ1v) is 8.46. The van der Waals surface area contributed by atoms with E-state index in [1.54, 1.807) is 7.11 Å². The van der Waals surface area contributed by atoms with Crippen LogP contribution >= 0.6 is 0 Å². The van der Waals surface area contributed by atoms with Crippen LogP contribution in [-0.2, 0) is 6.18 Å². The summed E-state index contributed by atoms with van der Waals surface area (Å²) in [6.45, 7) is 4.26. The van der Waals surface area contributed by atoms with Crippen molar-refractivity contribution in [2.45, 2.75) is 25.9 Å². The first-order chi connectivity index (χ1) is 12.4. The Balaban J connectivity index is 1.76. The molecule has 1 aromatic heterocycles. The Morgan fingerprint density at radius 1 is 1.15 bits per heavy atom. The molecule has 140 valence electrons. The van der Waals surface area contributed by atoms with E-state index < -0.39 is 11.7 Å². The van der Waals surface area contributed by atoms with E-state index in [-0.39, 0.29) is 5.95 Å². The van der Waals surface area contributed by atoms with Gasteiger partial charge in [-0.2, -0.15) is 13.2 Å². The first kappa shape index (κ1) is 18.3. The lowest BCUT2D eigenvalue weighted by Gasteiger charge is -2.32. The van der Waals surface area contributed by atoms with Crippen LogP contribution in [0.15, 0.2) is 30.6 Å². The molecule has 0 amide bonds. The average Bonchev–Trinajstić information content (AvgIpc) is 2.62. The Morgan fingerprint density at radius 2 is 1.81 bits per heavy atom. The van der Waals surface area contributed by atoms with Gasteiger partial charge in [-0.15, -0.1) is 0 Å². The Labute approximate surface area is 150 Å². The van der Waals surface area contributed by atoms with Crippen LogP contribution in [0.3, 0.4) is 0 Å². The quantitative estimate of drug-likeness (QED) is 0.864. The van der Waals surface area contributed by atoms with Gasteiger partial charge in [-0.05, 0) is 30.9 Å². The molecule has 0 atom stereocenters. The minimum absolute atomic E-state index is 0.0795. The van der Waals surface area contributed by atoms with Gasteiger partial charge in [-0.25, -0.2) is 9.97 Å². The number of halogens is 3. The van der Waals surface area contributed by atoms with Crippen LogP contribution in [0, 0.1) is 5.92 Å². The normalized spacial score (nSPS) is 15.8. The van der Waals surface area contributed by atoms with Crippen molar-refractivity contribution < 1.29 is 17.9 Å². The van der Waals surface area contributed by atoms with Crippen molar-refractivity contribution in [2.24, 2.45) is 5.92 Å². The van der Waals surface area contributed by atoms with Crippen LogP contribution in [0.2, 0.25) is 0 Å². The lowest BCUT2D eigenvalue weighted by Crippen LogP contribution is -2.32. The SMILES string of the molecule is COc1cc(N2CCC(C)CC2)ccc1Nc1ncc(C(F)(F)F)cn1. The van der Waals surface area contributed by atoms with Gasteiger partial charge in [-0.1, -0.05) is 6.92 Å². The molecule has 0 unspecified atom stereocenters. The molecular formula is C18H21F3N4O. The Morgan fingerprint density at radius 3 is 2.38 bits per heavy atom. The second-order valence-electron chi connectivity index (χ2n) is 6.47. The summed E-state index contributed by atoms with van der Waals surface area (Å²) < 4.78 is 43.2. The number of nitrogens with zero attached hydrogens (tertiary/aromatic N) is 3. The molecule has 2 heterocycles. The van der Waals surface area contributed by atoms with E-state index in [0.29, 0.717) is 11.4 Å². The van der Waals surface area contributed by atoms with Gasteiger partial charge in [0.05, 0.1) is 18.4 Å². The fourth-order valence-corrected chi connectivity index (χ4v) is 2.91. The number of aromatic nitrogens is 2. The van der Waals surface area contributed by atoms with Gasteiger partial charge >= 0.3 is 6.18 Å². The lowest BCUT2D eigenvalue weighted by atomic mass is 9.99. The third kappa shape index (κ3) is 4.17. The van der Waals surface area contributed by atoms with Crippen molar-refractivity contribution in [3.05, 3.63) is 36.2 Å². The molecule has 1 N–H and O–H groups in total. The molecule has 0 radical (unpaired) electrons. The summed E-state index contributed by atoms with van der Waals surface area (Å²) >= 11 is 0. The number of hydrogen-bond donors (Lipinski definition) is 1. The van der Waals surface area contributed by atoms with E-state index in [0.717, 1.165) is 49.9 Å². The molecule has 0 bridgehead atoms. The summed E-state index contributed by atoms with van der Waals surface area (Å²) in [5, 5.41) is 2.91. The molecule has 5 nitrogen and oxygen atoms in total. The summed E-state index contributed by atoms with van der Waals surface area (Å²) in [4.78, 5) is 9.76. The maximum absolute atomic E-state index is 12.6. The third-order valence-electron chi connectivity index (χ3n) is 4.56. The number of hydrogen-bond acceptors (Lipinski definition) is 5. The van der Waals surface area contributed by atoms with E-state index >= 15 is 0 Å². The number of piperidine rings is 1. The molecule has 1 aromatic carbocycles. The van der Waals surface area contributed by atoms with Crippen molar-refractivity contribution in [2.75, 3.05) is 30.4 Å². The topological polar surface area (TPSA) is 50.3 Å². The number of alkyl halides is 3. The minimum Gasteiger partial charge on any atom is -0.494 e. The average molecular weight is 366 g/mol. The van der Waals surface area contributed by atoms with Crippen LogP contribution in [0.25, 0.3) is 0 Å².